The number of esters is 1. The van der Waals surface area contributed by atoms with Crippen molar-refractivity contribution < 1.29 is 19.1 Å². The summed E-state index contributed by atoms with van der Waals surface area (Å²) in [5.41, 5.74) is 1.76. The molecule has 0 fully saturated rings. The first-order chi connectivity index (χ1) is 12.3. The average Bonchev–Trinajstić information content (AvgIpc) is 2.88. The summed E-state index contributed by atoms with van der Waals surface area (Å²) in [5.74, 6) is -1.36. The monoisotopic (exact) mass is 377 g/mol. The number of carbonyl (C=O) groups is 3. The third-order valence-electron chi connectivity index (χ3n) is 3.41. The molecule has 0 spiro atoms. The summed E-state index contributed by atoms with van der Waals surface area (Å²) in [6, 6.07) is 6.51. The largest absolute Gasteiger partial charge is 0.451 e. The average molecular weight is 377 g/mol. The summed E-state index contributed by atoms with van der Waals surface area (Å²) in [7, 11) is 0. The Balaban J connectivity index is 1.89. The Kier molecular flexibility index (Phi) is 6.29. The van der Waals surface area contributed by atoms with Gasteiger partial charge in [0.2, 0.25) is 5.91 Å². The molecule has 138 valence electrons. The minimum absolute atomic E-state index is 0.192. The van der Waals surface area contributed by atoms with E-state index in [0.29, 0.717) is 17.1 Å². The van der Waals surface area contributed by atoms with Crippen molar-refractivity contribution >= 4 is 40.5 Å². The van der Waals surface area contributed by atoms with Crippen molar-refractivity contribution in [2.75, 3.05) is 10.6 Å². The number of rotatable bonds is 6. The van der Waals surface area contributed by atoms with Crippen LogP contribution in [0.4, 0.5) is 11.4 Å². The molecule has 1 aromatic heterocycles. The summed E-state index contributed by atoms with van der Waals surface area (Å²) in [6.45, 7) is 4.32. The van der Waals surface area contributed by atoms with Crippen LogP contribution in [0, 0.1) is 6.92 Å². The second-order valence-corrected chi connectivity index (χ2v) is 6.43. The van der Waals surface area contributed by atoms with Crippen LogP contribution in [0.2, 0.25) is 0 Å². The molecule has 1 heterocycles. The summed E-state index contributed by atoms with van der Waals surface area (Å²) >= 11 is 0.999. The van der Waals surface area contributed by atoms with E-state index in [2.05, 4.69) is 10.6 Å². The second-order valence-electron chi connectivity index (χ2n) is 5.61. The van der Waals surface area contributed by atoms with E-state index in [9.17, 15) is 19.2 Å². The first kappa shape index (κ1) is 19.4. The van der Waals surface area contributed by atoms with Gasteiger partial charge in [0.1, 0.15) is 6.54 Å². The van der Waals surface area contributed by atoms with Crippen LogP contribution >= 0.6 is 11.3 Å². The lowest BCUT2D eigenvalue weighted by atomic mass is 10.2. The van der Waals surface area contributed by atoms with E-state index in [4.69, 9.17) is 4.74 Å². The second kappa shape index (κ2) is 8.43. The molecule has 9 heteroatoms. The Morgan fingerprint density at radius 1 is 1.15 bits per heavy atom. The zero-order valence-corrected chi connectivity index (χ0v) is 15.4. The lowest BCUT2D eigenvalue weighted by Gasteiger charge is -2.14. The van der Waals surface area contributed by atoms with Crippen molar-refractivity contribution in [2.45, 2.75) is 33.4 Å². The molecule has 2 aromatic rings. The minimum Gasteiger partial charge on any atom is -0.451 e. The van der Waals surface area contributed by atoms with Gasteiger partial charge < -0.3 is 15.4 Å². The van der Waals surface area contributed by atoms with Crippen LogP contribution in [0.3, 0.4) is 0 Å². The molecule has 1 aromatic carbocycles. The molecule has 0 aliphatic rings. The highest BCUT2D eigenvalue weighted by molar-refractivity contribution is 7.07. The minimum atomic E-state index is -1.02. The Bertz CT molecular complexity index is 869. The van der Waals surface area contributed by atoms with Gasteiger partial charge in [-0.05, 0) is 38.1 Å². The highest BCUT2D eigenvalue weighted by atomic mass is 32.1. The van der Waals surface area contributed by atoms with Gasteiger partial charge in [-0.1, -0.05) is 11.3 Å². The van der Waals surface area contributed by atoms with Crippen molar-refractivity contribution in [3.05, 3.63) is 45.0 Å². The van der Waals surface area contributed by atoms with Crippen LogP contribution in [0.5, 0.6) is 0 Å². The number of aromatic nitrogens is 1. The van der Waals surface area contributed by atoms with E-state index in [1.165, 1.54) is 18.4 Å². The van der Waals surface area contributed by atoms with E-state index >= 15 is 0 Å². The van der Waals surface area contributed by atoms with Gasteiger partial charge in [0.15, 0.2) is 6.10 Å². The van der Waals surface area contributed by atoms with Gasteiger partial charge in [-0.25, -0.2) is 0 Å². The number of nitrogens with one attached hydrogen (secondary N) is 2. The van der Waals surface area contributed by atoms with Gasteiger partial charge in [-0.15, -0.1) is 0 Å². The van der Waals surface area contributed by atoms with Crippen molar-refractivity contribution in [1.82, 2.24) is 4.57 Å². The molecule has 0 bridgehead atoms. The first-order valence-corrected chi connectivity index (χ1v) is 8.67. The van der Waals surface area contributed by atoms with Crippen LogP contribution in [-0.2, 0) is 25.7 Å². The van der Waals surface area contributed by atoms with Crippen LogP contribution < -0.4 is 15.5 Å². The van der Waals surface area contributed by atoms with E-state index in [0.717, 1.165) is 11.3 Å². The van der Waals surface area contributed by atoms with Crippen molar-refractivity contribution in [3.63, 3.8) is 0 Å². The fraction of sp³-hybridized carbons (Fsp3) is 0.294. The maximum atomic E-state index is 12.1. The molecule has 0 radical (unpaired) electrons. The first-order valence-electron chi connectivity index (χ1n) is 7.79. The maximum Gasteiger partial charge on any atom is 0.326 e. The zero-order chi connectivity index (χ0) is 19.3. The Morgan fingerprint density at radius 2 is 1.73 bits per heavy atom. The number of benzene rings is 1. The number of hydrogen-bond donors (Lipinski definition) is 2. The van der Waals surface area contributed by atoms with Crippen molar-refractivity contribution in [3.8, 4) is 0 Å². The summed E-state index contributed by atoms with van der Waals surface area (Å²) < 4.78 is 6.37. The number of ether oxygens (including phenoxy) is 1. The molecule has 0 saturated heterocycles. The normalized spacial score (nSPS) is 11.5. The smallest absolute Gasteiger partial charge is 0.326 e. The number of carbonyl (C=O) groups excluding carboxylic acids is 3. The molecule has 0 aliphatic heterocycles. The van der Waals surface area contributed by atoms with Gasteiger partial charge in [-0.2, -0.15) is 0 Å². The van der Waals surface area contributed by atoms with Crippen molar-refractivity contribution in [2.24, 2.45) is 0 Å². The third-order valence-corrected chi connectivity index (χ3v) is 4.29. The van der Waals surface area contributed by atoms with E-state index in [-0.39, 0.29) is 17.3 Å². The quantitative estimate of drug-likeness (QED) is 0.746. The zero-order valence-electron chi connectivity index (χ0n) is 14.6. The molecule has 0 saturated carbocycles. The Labute approximate surface area is 153 Å². The standard InChI is InChI=1S/C17H19N3O5S/c1-10-9-26-17(24)20(10)8-15(22)25-11(2)16(23)19-14-6-4-13(5-7-14)18-12(3)21/h4-7,9,11H,8H2,1-3H3,(H,18,21)(H,19,23)/t11-/m1/s1. The maximum absolute atomic E-state index is 12.1. The topological polar surface area (TPSA) is 106 Å². The van der Waals surface area contributed by atoms with Crippen LogP contribution in [0.15, 0.2) is 34.4 Å². The Morgan fingerprint density at radius 3 is 2.23 bits per heavy atom. The van der Waals surface area contributed by atoms with Gasteiger partial charge in [0.05, 0.1) is 0 Å². The lowest BCUT2D eigenvalue weighted by Crippen LogP contribution is -2.32. The van der Waals surface area contributed by atoms with Gasteiger partial charge in [0, 0.05) is 29.4 Å². The molecule has 1 atom stereocenters. The number of anilines is 2. The highest BCUT2D eigenvalue weighted by Gasteiger charge is 2.19. The Hall–Kier alpha value is -2.94. The lowest BCUT2D eigenvalue weighted by molar-refractivity contribution is -0.153. The van der Waals surface area contributed by atoms with Gasteiger partial charge >= 0.3 is 10.8 Å². The number of thiazole rings is 1. The van der Waals surface area contributed by atoms with E-state index in [1.807, 2.05) is 0 Å². The molecule has 0 aliphatic carbocycles. The van der Waals surface area contributed by atoms with Crippen molar-refractivity contribution in [1.29, 1.82) is 0 Å². The molecule has 2 rings (SSSR count). The number of nitrogens with zero attached hydrogens (tertiary/aromatic N) is 1. The predicted molar refractivity (Wildman–Crippen MR) is 98.2 cm³/mol. The molecule has 2 amide bonds. The number of amides is 2. The van der Waals surface area contributed by atoms with Gasteiger partial charge in [0.25, 0.3) is 5.91 Å². The highest BCUT2D eigenvalue weighted by Crippen LogP contribution is 2.14. The third kappa shape index (κ3) is 5.28. The van der Waals surface area contributed by atoms with E-state index < -0.39 is 18.0 Å². The predicted octanol–water partition coefficient (Wildman–Crippen LogP) is 1.75. The fourth-order valence-corrected chi connectivity index (χ4v) is 2.83. The van der Waals surface area contributed by atoms with Crippen LogP contribution in [0.25, 0.3) is 0 Å². The van der Waals surface area contributed by atoms with Gasteiger partial charge in [-0.3, -0.25) is 23.7 Å². The molecule has 2 N–H and O–H groups in total. The van der Waals surface area contributed by atoms with Crippen LogP contribution in [-0.4, -0.2) is 28.5 Å². The fourth-order valence-electron chi connectivity index (χ4n) is 2.10. The SMILES string of the molecule is CC(=O)Nc1ccc(NC(=O)[C@@H](C)OC(=O)Cn2c(C)csc2=O)cc1. The molecular weight excluding hydrogens is 358 g/mol. The van der Waals surface area contributed by atoms with E-state index in [1.54, 1.807) is 36.6 Å². The van der Waals surface area contributed by atoms with Crippen LogP contribution in [0.1, 0.15) is 19.5 Å². The summed E-state index contributed by atoms with van der Waals surface area (Å²) in [4.78, 5) is 46.4. The molecular formula is C17H19N3O5S. The summed E-state index contributed by atoms with van der Waals surface area (Å²) in [5, 5.41) is 6.88. The molecule has 26 heavy (non-hydrogen) atoms. The summed E-state index contributed by atoms with van der Waals surface area (Å²) in [6.07, 6.45) is -1.02. The molecule has 0 unspecified atom stereocenters. The number of hydrogen-bond acceptors (Lipinski definition) is 6. The number of aryl methyl sites for hydroxylation is 1. The molecule has 8 nitrogen and oxygen atoms in total.